The van der Waals surface area contributed by atoms with Crippen molar-refractivity contribution in [2.75, 3.05) is 0 Å². The highest BCUT2D eigenvalue weighted by molar-refractivity contribution is 5.31. The lowest BCUT2D eigenvalue weighted by atomic mass is 9.91. The van der Waals surface area contributed by atoms with Crippen LogP contribution in [0.3, 0.4) is 0 Å². The van der Waals surface area contributed by atoms with Crippen LogP contribution in [0, 0.1) is 12.7 Å². The SMILES string of the molecule is Cc1cc(C(O)C2=CCCCC2)ccc1F. The number of benzene rings is 1. The molecule has 1 aromatic carbocycles. The summed E-state index contributed by atoms with van der Waals surface area (Å²) in [6, 6.07) is 4.83. The summed E-state index contributed by atoms with van der Waals surface area (Å²) >= 11 is 0. The highest BCUT2D eigenvalue weighted by atomic mass is 19.1. The van der Waals surface area contributed by atoms with E-state index < -0.39 is 6.10 Å². The molecule has 0 aromatic heterocycles. The normalized spacial score (nSPS) is 18.1. The van der Waals surface area contributed by atoms with Crippen LogP contribution in [0.25, 0.3) is 0 Å². The van der Waals surface area contributed by atoms with Gasteiger partial charge >= 0.3 is 0 Å². The van der Waals surface area contributed by atoms with E-state index in [4.69, 9.17) is 0 Å². The zero-order valence-electron chi connectivity index (χ0n) is 9.54. The smallest absolute Gasteiger partial charge is 0.126 e. The van der Waals surface area contributed by atoms with Crippen LogP contribution >= 0.6 is 0 Å². The summed E-state index contributed by atoms with van der Waals surface area (Å²) in [5.74, 6) is -0.214. The van der Waals surface area contributed by atoms with Gasteiger partial charge in [0.25, 0.3) is 0 Å². The lowest BCUT2D eigenvalue weighted by molar-refractivity contribution is 0.208. The van der Waals surface area contributed by atoms with Crippen molar-refractivity contribution in [3.8, 4) is 0 Å². The standard InChI is InChI=1S/C14H17FO/c1-10-9-12(7-8-13(10)15)14(16)11-5-3-2-4-6-11/h5,7-9,14,16H,2-4,6H2,1H3. The minimum atomic E-state index is -0.556. The Morgan fingerprint density at radius 1 is 1.31 bits per heavy atom. The van der Waals surface area contributed by atoms with Gasteiger partial charge in [0.2, 0.25) is 0 Å². The molecule has 0 fully saturated rings. The number of aliphatic hydroxyl groups is 1. The predicted molar refractivity (Wildman–Crippen MR) is 62.6 cm³/mol. The van der Waals surface area contributed by atoms with E-state index in [-0.39, 0.29) is 5.82 Å². The summed E-state index contributed by atoms with van der Waals surface area (Å²) in [6.45, 7) is 1.72. The predicted octanol–water partition coefficient (Wildman–Crippen LogP) is 3.67. The molecule has 1 N–H and O–H groups in total. The number of aliphatic hydroxyl groups excluding tert-OH is 1. The van der Waals surface area contributed by atoms with Gasteiger partial charge in [-0.15, -0.1) is 0 Å². The third-order valence-electron chi connectivity index (χ3n) is 3.18. The van der Waals surface area contributed by atoms with E-state index in [1.54, 1.807) is 19.1 Å². The third kappa shape index (κ3) is 2.33. The van der Waals surface area contributed by atoms with E-state index in [1.165, 1.54) is 12.5 Å². The highest BCUT2D eigenvalue weighted by Crippen LogP contribution is 2.30. The van der Waals surface area contributed by atoms with Crippen LogP contribution in [0.5, 0.6) is 0 Å². The summed E-state index contributed by atoms with van der Waals surface area (Å²) < 4.78 is 13.1. The second-order valence-electron chi connectivity index (χ2n) is 4.44. The van der Waals surface area contributed by atoms with Gasteiger partial charge in [0.15, 0.2) is 0 Å². The van der Waals surface area contributed by atoms with Gasteiger partial charge in [-0.1, -0.05) is 18.2 Å². The Balaban J connectivity index is 2.22. The van der Waals surface area contributed by atoms with Crippen LogP contribution in [-0.4, -0.2) is 5.11 Å². The zero-order chi connectivity index (χ0) is 11.5. The van der Waals surface area contributed by atoms with Crippen molar-refractivity contribution < 1.29 is 9.50 Å². The Morgan fingerprint density at radius 2 is 2.12 bits per heavy atom. The van der Waals surface area contributed by atoms with E-state index >= 15 is 0 Å². The quantitative estimate of drug-likeness (QED) is 0.754. The monoisotopic (exact) mass is 220 g/mol. The van der Waals surface area contributed by atoms with Gasteiger partial charge in [-0.2, -0.15) is 0 Å². The van der Waals surface area contributed by atoms with Gasteiger partial charge in [-0.05, 0) is 55.4 Å². The summed E-state index contributed by atoms with van der Waals surface area (Å²) in [5, 5.41) is 10.2. The molecule has 0 amide bonds. The van der Waals surface area contributed by atoms with Crippen LogP contribution in [0.15, 0.2) is 29.8 Å². The molecular formula is C14H17FO. The van der Waals surface area contributed by atoms with Crippen LogP contribution in [0.2, 0.25) is 0 Å². The molecule has 1 nitrogen and oxygen atoms in total. The Labute approximate surface area is 95.6 Å². The van der Waals surface area contributed by atoms with Crippen LogP contribution in [-0.2, 0) is 0 Å². The Hall–Kier alpha value is -1.15. The maximum atomic E-state index is 13.1. The molecule has 2 rings (SSSR count). The molecule has 1 aliphatic carbocycles. The van der Waals surface area contributed by atoms with Crippen LogP contribution in [0.4, 0.5) is 4.39 Å². The Kier molecular flexibility index (Phi) is 3.39. The average molecular weight is 220 g/mol. The molecule has 0 spiro atoms. The van der Waals surface area contributed by atoms with Crippen molar-refractivity contribution >= 4 is 0 Å². The number of hydrogen-bond acceptors (Lipinski definition) is 1. The fourth-order valence-corrected chi connectivity index (χ4v) is 2.16. The topological polar surface area (TPSA) is 20.2 Å². The molecule has 0 heterocycles. The first-order chi connectivity index (χ1) is 7.68. The molecule has 0 saturated carbocycles. The number of hydrogen-bond donors (Lipinski definition) is 1. The van der Waals surface area contributed by atoms with Gasteiger partial charge in [0, 0.05) is 0 Å². The minimum absolute atomic E-state index is 0.214. The first-order valence-corrected chi connectivity index (χ1v) is 5.81. The van der Waals surface area contributed by atoms with Crippen molar-refractivity contribution in [3.05, 3.63) is 46.8 Å². The fourth-order valence-electron chi connectivity index (χ4n) is 2.16. The van der Waals surface area contributed by atoms with E-state index in [2.05, 4.69) is 6.08 Å². The molecule has 0 aliphatic heterocycles. The molecule has 1 aliphatic rings. The Bertz CT molecular complexity index is 409. The highest BCUT2D eigenvalue weighted by Gasteiger charge is 2.15. The van der Waals surface area contributed by atoms with Crippen molar-refractivity contribution in [2.45, 2.75) is 38.7 Å². The van der Waals surface area contributed by atoms with Crippen molar-refractivity contribution in [1.29, 1.82) is 0 Å². The molecular weight excluding hydrogens is 203 g/mol. The summed E-state index contributed by atoms with van der Waals surface area (Å²) in [5.41, 5.74) is 2.47. The molecule has 86 valence electrons. The fraction of sp³-hybridized carbons (Fsp3) is 0.429. The first-order valence-electron chi connectivity index (χ1n) is 5.81. The second-order valence-corrected chi connectivity index (χ2v) is 4.44. The zero-order valence-corrected chi connectivity index (χ0v) is 9.54. The molecule has 1 unspecified atom stereocenters. The van der Waals surface area contributed by atoms with Gasteiger partial charge in [-0.3, -0.25) is 0 Å². The number of aryl methyl sites for hydroxylation is 1. The van der Waals surface area contributed by atoms with Gasteiger partial charge in [-0.25, -0.2) is 4.39 Å². The second kappa shape index (κ2) is 4.79. The molecule has 1 aromatic rings. The first kappa shape index (κ1) is 11.3. The molecule has 16 heavy (non-hydrogen) atoms. The van der Waals surface area contributed by atoms with Gasteiger partial charge in [0.1, 0.15) is 11.9 Å². The molecule has 0 bridgehead atoms. The van der Waals surface area contributed by atoms with E-state index in [9.17, 15) is 9.50 Å². The van der Waals surface area contributed by atoms with Crippen molar-refractivity contribution in [1.82, 2.24) is 0 Å². The molecule has 0 radical (unpaired) electrons. The van der Waals surface area contributed by atoms with Crippen molar-refractivity contribution in [2.24, 2.45) is 0 Å². The average Bonchev–Trinajstić information content (AvgIpc) is 2.33. The van der Waals surface area contributed by atoms with E-state index in [1.807, 2.05) is 0 Å². The third-order valence-corrected chi connectivity index (χ3v) is 3.18. The largest absolute Gasteiger partial charge is 0.384 e. The minimum Gasteiger partial charge on any atom is -0.384 e. The van der Waals surface area contributed by atoms with Crippen LogP contribution in [0.1, 0.15) is 42.9 Å². The molecule has 1 atom stereocenters. The maximum absolute atomic E-state index is 13.1. The molecule has 0 saturated heterocycles. The van der Waals surface area contributed by atoms with Gasteiger partial charge in [0.05, 0.1) is 0 Å². The van der Waals surface area contributed by atoms with Crippen molar-refractivity contribution in [3.63, 3.8) is 0 Å². The lowest BCUT2D eigenvalue weighted by Crippen LogP contribution is -2.05. The Morgan fingerprint density at radius 3 is 2.75 bits per heavy atom. The summed E-state index contributed by atoms with van der Waals surface area (Å²) in [4.78, 5) is 0. The number of rotatable bonds is 2. The number of halogens is 1. The summed E-state index contributed by atoms with van der Waals surface area (Å²) in [6.07, 6.45) is 5.92. The van der Waals surface area contributed by atoms with Crippen LogP contribution < -0.4 is 0 Å². The van der Waals surface area contributed by atoms with E-state index in [0.717, 1.165) is 30.4 Å². The maximum Gasteiger partial charge on any atom is 0.126 e. The summed E-state index contributed by atoms with van der Waals surface area (Å²) in [7, 11) is 0. The number of allylic oxidation sites excluding steroid dienone is 1. The van der Waals surface area contributed by atoms with E-state index in [0.29, 0.717) is 5.56 Å². The lowest BCUT2D eigenvalue weighted by Gasteiger charge is -2.19. The van der Waals surface area contributed by atoms with Gasteiger partial charge < -0.3 is 5.11 Å². The molecule has 2 heteroatoms.